The summed E-state index contributed by atoms with van der Waals surface area (Å²) in [5.41, 5.74) is 8.87. The minimum absolute atomic E-state index is 0. The molecule has 22 heavy (non-hydrogen) atoms. The summed E-state index contributed by atoms with van der Waals surface area (Å²) in [7, 11) is 1.91. The van der Waals surface area contributed by atoms with Gasteiger partial charge in [0, 0.05) is 24.3 Å². The maximum atomic E-state index is 12.3. The van der Waals surface area contributed by atoms with Gasteiger partial charge in [0.15, 0.2) is 0 Å². The van der Waals surface area contributed by atoms with Crippen LogP contribution in [0.15, 0.2) is 0 Å². The maximum absolute atomic E-state index is 12.3. The third kappa shape index (κ3) is 4.86. The molecule has 1 aliphatic carbocycles. The Hall–Kier alpha value is -0.780. The van der Waals surface area contributed by atoms with Gasteiger partial charge < -0.3 is 11.1 Å². The van der Waals surface area contributed by atoms with Gasteiger partial charge in [-0.2, -0.15) is 5.10 Å². The number of halogens is 2. The Balaban J connectivity index is 0.00000220. The Kier molecular flexibility index (Phi) is 9.05. The van der Waals surface area contributed by atoms with Gasteiger partial charge in [-0.1, -0.05) is 12.8 Å². The Morgan fingerprint density at radius 3 is 2.50 bits per heavy atom. The van der Waals surface area contributed by atoms with E-state index in [0.717, 1.165) is 29.8 Å². The van der Waals surface area contributed by atoms with E-state index in [1.165, 1.54) is 12.8 Å². The van der Waals surface area contributed by atoms with Crippen molar-refractivity contribution >= 4 is 30.7 Å². The Morgan fingerprint density at radius 2 is 1.95 bits per heavy atom. The standard InChI is InChI=1S/C15H26N4O.2ClH/c1-10-13(11(2)19(3)18-10)8-15(20)17-14-7-5-4-6-12(14)9-16;;/h12,14H,4-9,16H2,1-3H3,(H,17,20);2*1H. The number of hydrogen-bond donors (Lipinski definition) is 2. The van der Waals surface area contributed by atoms with Crippen LogP contribution in [0.1, 0.15) is 42.6 Å². The molecule has 1 amide bonds. The van der Waals surface area contributed by atoms with Gasteiger partial charge in [-0.3, -0.25) is 9.48 Å². The number of aryl methyl sites for hydroxylation is 2. The lowest BCUT2D eigenvalue weighted by molar-refractivity contribution is -0.121. The second-order valence-corrected chi connectivity index (χ2v) is 5.90. The lowest BCUT2D eigenvalue weighted by Gasteiger charge is -2.31. The number of hydrogen-bond acceptors (Lipinski definition) is 3. The van der Waals surface area contributed by atoms with Gasteiger partial charge in [0.1, 0.15) is 0 Å². The summed E-state index contributed by atoms with van der Waals surface area (Å²) in [4.78, 5) is 12.3. The molecular formula is C15H28Cl2N4O. The van der Waals surface area contributed by atoms with Gasteiger partial charge in [0.05, 0.1) is 12.1 Å². The van der Waals surface area contributed by atoms with E-state index < -0.39 is 0 Å². The average Bonchev–Trinajstić information content (AvgIpc) is 2.66. The topological polar surface area (TPSA) is 72.9 Å². The molecule has 2 unspecified atom stereocenters. The van der Waals surface area contributed by atoms with Crippen molar-refractivity contribution in [2.75, 3.05) is 6.54 Å². The third-order valence-corrected chi connectivity index (χ3v) is 4.55. The van der Waals surface area contributed by atoms with E-state index in [9.17, 15) is 4.79 Å². The molecule has 0 saturated heterocycles. The fraction of sp³-hybridized carbons (Fsp3) is 0.733. The largest absolute Gasteiger partial charge is 0.353 e. The lowest BCUT2D eigenvalue weighted by atomic mass is 9.84. The third-order valence-electron chi connectivity index (χ3n) is 4.55. The summed E-state index contributed by atoms with van der Waals surface area (Å²) in [6.07, 6.45) is 5.02. The molecule has 0 aliphatic heterocycles. The van der Waals surface area contributed by atoms with E-state index >= 15 is 0 Å². The molecule has 3 N–H and O–H groups in total. The molecule has 7 heteroatoms. The van der Waals surface area contributed by atoms with Gasteiger partial charge in [-0.25, -0.2) is 0 Å². The van der Waals surface area contributed by atoms with Gasteiger partial charge in [0.2, 0.25) is 5.91 Å². The lowest BCUT2D eigenvalue weighted by Crippen LogP contribution is -2.45. The highest BCUT2D eigenvalue weighted by Gasteiger charge is 2.25. The first-order valence-corrected chi connectivity index (χ1v) is 7.51. The van der Waals surface area contributed by atoms with E-state index in [1.807, 2.05) is 25.6 Å². The zero-order valence-electron chi connectivity index (χ0n) is 13.6. The number of nitrogens with two attached hydrogens (primary N) is 1. The zero-order chi connectivity index (χ0) is 14.7. The van der Waals surface area contributed by atoms with Crippen LogP contribution in [0.5, 0.6) is 0 Å². The highest BCUT2D eigenvalue weighted by Crippen LogP contribution is 2.23. The molecule has 1 fully saturated rings. The molecule has 1 aromatic heterocycles. The molecule has 128 valence electrons. The average molecular weight is 351 g/mol. The quantitative estimate of drug-likeness (QED) is 0.872. The second kappa shape index (κ2) is 9.38. The normalized spacial score (nSPS) is 20.7. The van der Waals surface area contributed by atoms with Crippen LogP contribution in [0.4, 0.5) is 0 Å². The number of carbonyl (C=O) groups excluding carboxylic acids is 1. The summed E-state index contributed by atoms with van der Waals surface area (Å²) in [6, 6.07) is 0.249. The molecule has 0 bridgehead atoms. The molecule has 2 atom stereocenters. The van der Waals surface area contributed by atoms with Crippen LogP contribution in [0.2, 0.25) is 0 Å². The molecule has 1 heterocycles. The van der Waals surface area contributed by atoms with Crippen molar-refractivity contribution < 1.29 is 4.79 Å². The zero-order valence-corrected chi connectivity index (χ0v) is 15.2. The highest BCUT2D eigenvalue weighted by molar-refractivity contribution is 5.85. The monoisotopic (exact) mass is 350 g/mol. The first-order valence-electron chi connectivity index (χ1n) is 7.51. The highest BCUT2D eigenvalue weighted by atomic mass is 35.5. The van der Waals surface area contributed by atoms with E-state index in [2.05, 4.69) is 10.4 Å². The molecule has 5 nitrogen and oxygen atoms in total. The van der Waals surface area contributed by atoms with E-state index in [0.29, 0.717) is 18.9 Å². The molecule has 0 spiro atoms. The van der Waals surface area contributed by atoms with Crippen LogP contribution >= 0.6 is 24.8 Å². The smallest absolute Gasteiger partial charge is 0.224 e. The van der Waals surface area contributed by atoms with Gasteiger partial charge in [-0.05, 0) is 39.2 Å². The van der Waals surface area contributed by atoms with Crippen molar-refractivity contribution in [1.82, 2.24) is 15.1 Å². The fourth-order valence-corrected chi connectivity index (χ4v) is 3.17. The van der Waals surface area contributed by atoms with Crippen molar-refractivity contribution in [2.24, 2.45) is 18.7 Å². The maximum Gasteiger partial charge on any atom is 0.224 e. The summed E-state index contributed by atoms with van der Waals surface area (Å²) in [5.74, 6) is 0.526. The van der Waals surface area contributed by atoms with Crippen LogP contribution in [0.25, 0.3) is 0 Å². The number of nitrogens with zero attached hydrogens (tertiary/aromatic N) is 2. The Labute approximate surface area is 145 Å². The van der Waals surface area contributed by atoms with Crippen molar-refractivity contribution in [1.29, 1.82) is 0 Å². The minimum atomic E-state index is 0. The molecule has 1 saturated carbocycles. The molecule has 0 radical (unpaired) electrons. The van der Waals surface area contributed by atoms with Crippen molar-refractivity contribution in [2.45, 2.75) is 52.0 Å². The van der Waals surface area contributed by atoms with Crippen molar-refractivity contribution in [3.8, 4) is 0 Å². The van der Waals surface area contributed by atoms with E-state index in [-0.39, 0.29) is 36.8 Å². The minimum Gasteiger partial charge on any atom is -0.353 e. The first-order chi connectivity index (χ1) is 9.52. The summed E-state index contributed by atoms with van der Waals surface area (Å²) in [6.45, 7) is 4.63. The number of aromatic nitrogens is 2. The van der Waals surface area contributed by atoms with E-state index in [1.54, 1.807) is 0 Å². The number of amides is 1. The number of rotatable bonds is 4. The van der Waals surface area contributed by atoms with Crippen LogP contribution in [0.3, 0.4) is 0 Å². The summed E-state index contributed by atoms with van der Waals surface area (Å²) >= 11 is 0. The Morgan fingerprint density at radius 1 is 1.32 bits per heavy atom. The fourth-order valence-electron chi connectivity index (χ4n) is 3.17. The SMILES string of the molecule is Cc1nn(C)c(C)c1CC(=O)NC1CCCCC1CN.Cl.Cl. The number of carbonyl (C=O) groups is 1. The van der Waals surface area contributed by atoms with E-state index in [4.69, 9.17) is 5.73 Å². The summed E-state index contributed by atoms with van der Waals surface area (Å²) < 4.78 is 1.83. The van der Waals surface area contributed by atoms with Gasteiger partial charge >= 0.3 is 0 Å². The van der Waals surface area contributed by atoms with Crippen molar-refractivity contribution in [3.05, 3.63) is 17.0 Å². The molecule has 1 aromatic rings. The number of nitrogens with one attached hydrogen (secondary N) is 1. The van der Waals surface area contributed by atoms with Gasteiger partial charge in [-0.15, -0.1) is 24.8 Å². The predicted molar refractivity (Wildman–Crippen MR) is 93.8 cm³/mol. The van der Waals surface area contributed by atoms with Crippen LogP contribution < -0.4 is 11.1 Å². The first kappa shape index (κ1) is 21.2. The predicted octanol–water partition coefficient (Wildman–Crippen LogP) is 2.06. The van der Waals surface area contributed by atoms with Crippen LogP contribution in [-0.4, -0.2) is 28.3 Å². The molecule has 0 aromatic carbocycles. The van der Waals surface area contributed by atoms with Crippen LogP contribution in [0, 0.1) is 19.8 Å². The van der Waals surface area contributed by atoms with Crippen molar-refractivity contribution in [3.63, 3.8) is 0 Å². The molecular weight excluding hydrogens is 323 g/mol. The molecule has 2 rings (SSSR count). The summed E-state index contributed by atoms with van der Waals surface area (Å²) in [5, 5.41) is 7.53. The molecule has 1 aliphatic rings. The second-order valence-electron chi connectivity index (χ2n) is 5.90. The van der Waals surface area contributed by atoms with Gasteiger partial charge in [0.25, 0.3) is 0 Å². The Bertz CT molecular complexity index is 490. The van der Waals surface area contributed by atoms with Crippen LogP contribution in [-0.2, 0) is 18.3 Å².